The second-order valence-electron chi connectivity index (χ2n) is 8.64. The Morgan fingerprint density at radius 3 is 1.61 bits per heavy atom. The summed E-state index contributed by atoms with van der Waals surface area (Å²) in [5.41, 5.74) is 7.06. The second-order valence-corrected chi connectivity index (χ2v) is 8.64. The van der Waals surface area contributed by atoms with Crippen molar-refractivity contribution in [2.75, 3.05) is 19.0 Å². The van der Waals surface area contributed by atoms with Gasteiger partial charge in [-0.05, 0) is 39.2 Å². The molecular formula is C22H31N. The van der Waals surface area contributed by atoms with E-state index in [4.69, 9.17) is 0 Å². The van der Waals surface area contributed by atoms with Crippen LogP contribution in [0.2, 0.25) is 0 Å². The van der Waals surface area contributed by atoms with Gasteiger partial charge in [-0.3, -0.25) is 0 Å². The summed E-state index contributed by atoms with van der Waals surface area (Å²) in [6.45, 7) is 13.9. The van der Waals surface area contributed by atoms with Gasteiger partial charge in [-0.25, -0.2) is 0 Å². The van der Waals surface area contributed by atoms with Gasteiger partial charge in [0, 0.05) is 19.8 Å². The number of hydrogen-bond acceptors (Lipinski definition) is 1. The molecule has 124 valence electrons. The van der Waals surface area contributed by atoms with Crippen molar-refractivity contribution in [1.29, 1.82) is 0 Å². The summed E-state index contributed by atoms with van der Waals surface area (Å²) < 4.78 is 0. The maximum absolute atomic E-state index is 2.32. The van der Waals surface area contributed by atoms with Gasteiger partial charge < -0.3 is 4.90 Å². The normalized spacial score (nSPS) is 12.3. The van der Waals surface area contributed by atoms with E-state index in [1.165, 1.54) is 27.9 Å². The molecule has 2 aromatic carbocycles. The Bertz CT molecular complexity index is 668. The molecule has 0 aromatic heterocycles. The molecule has 0 bridgehead atoms. The van der Waals surface area contributed by atoms with Crippen LogP contribution in [-0.4, -0.2) is 14.1 Å². The summed E-state index contributed by atoms with van der Waals surface area (Å²) in [5, 5.41) is 0. The summed E-state index contributed by atoms with van der Waals surface area (Å²) in [7, 11) is 4.28. The standard InChI is InChI=1S/C22H31N/c1-21(2,3)19-17(16-12-10-9-11-13-16)14-15-18(23(7)8)20(19)22(4,5)6/h9-15H,1-8H3. The minimum atomic E-state index is 0.0831. The number of hydrogen-bond donors (Lipinski definition) is 0. The molecule has 0 atom stereocenters. The summed E-state index contributed by atoms with van der Waals surface area (Å²) in [6.07, 6.45) is 0. The van der Waals surface area contributed by atoms with Crippen molar-refractivity contribution < 1.29 is 0 Å². The summed E-state index contributed by atoms with van der Waals surface area (Å²) in [6, 6.07) is 15.3. The number of benzene rings is 2. The molecule has 0 aliphatic heterocycles. The Balaban J connectivity index is 2.91. The minimum Gasteiger partial charge on any atom is -0.377 e. The Hall–Kier alpha value is -1.76. The van der Waals surface area contributed by atoms with E-state index in [-0.39, 0.29) is 10.8 Å². The molecule has 0 amide bonds. The van der Waals surface area contributed by atoms with Crippen LogP contribution in [0.25, 0.3) is 11.1 Å². The first-order valence-electron chi connectivity index (χ1n) is 8.44. The van der Waals surface area contributed by atoms with Crippen molar-refractivity contribution in [3.63, 3.8) is 0 Å². The maximum atomic E-state index is 2.32. The predicted molar refractivity (Wildman–Crippen MR) is 104 cm³/mol. The number of anilines is 1. The first-order chi connectivity index (χ1) is 10.5. The third-order valence-electron chi connectivity index (χ3n) is 4.25. The molecule has 0 unspecified atom stereocenters. The van der Waals surface area contributed by atoms with E-state index in [1.54, 1.807) is 0 Å². The molecule has 0 heterocycles. The van der Waals surface area contributed by atoms with Crippen molar-refractivity contribution in [2.45, 2.75) is 52.4 Å². The lowest BCUT2D eigenvalue weighted by atomic mass is 9.71. The highest BCUT2D eigenvalue weighted by molar-refractivity contribution is 5.76. The van der Waals surface area contributed by atoms with Crippen LogP contribution in [0.4, 0.5) is 5.69 Å². The molecule has 0 fully saturated rings. The van der Waals surface area contributed by atoms with E-state index in [2.05, 4.69) is 103 Å². The van der Waals surface area contributed by atoms with Crippen molar-refractivity contribution >= 4 is 5.69 Å². The Kier molecular flexibility index (Phi) is 4.61. The first kappa shape index (κ1) is 17.6. The Morgan fingerprint density at radius 2 is 1.17 bits per heavy atom. The summed E-state index contributed by atoms with van der Waals surface area (Å²) >= 11 is 0. The van der Waals surface area contributed by atoms with Gasteiger partial charge >= 0.3 is 0 Å². The van der Waals surface area contributed by atoms with Crippen molar-refractivity contribution in [3.05, 3.63) is 53.6 Å². The summed E-state index contributed by atoms with van der Waals surface area (Å²) in [5.74, 6) is 0. The fraction of sp³-hybridized carbons (Fsp3) is 0.455. The average molecular weight is 309 g/mol. The summed E-state index contributed by atoms with van der Waals surface area (Å²) in [4.78, 5) is 2.24. The van der Waals surface area contributed by atoms with Crippen LogP contribution in [0, 0.1) is 0 Å². The van der Waals surface area contributed by atoms with Crippen LogP contribution < -0.4 is 4.90 Å². The second kappa shape index (κ2) is 6.03. The highest BCUT2D eigenvalue weighted by atomic mass is 15.1. The molecular weight excluding hydrogens is 278 g/mol. The molecule has 0 aliphatic carbocycles. The van der Waals surface area contributed by atoms with Crippen molar-refractivity contribution in [2.24, 2.45) is 0 Å². The highest BCUT2D eigenvalue weighted by Crippen LogP contribution is 2.44. The van der Waals surface area contributed by atoms with Gasteiger partial charge in [0.25, 0.3) is 0 Å². The van der Waals surface area contributed by atoms with E-state index in [9.17, 15) is 0 Å². The van der Waals surface area contributed by atoms with Crippen LogP contribution in [0.5, 0.6) is 0 Å². The van der Waals surface area contributed by atoms with E-state index in [0.717, 1.165) is 0 Å². The van der Waals surface area contributed by atoms with Crippen molar-refractivity contribution in [1.82, 2.24) is 0 Å². The predicted octanol–water partition coefficient (Wildman–Crippen LogP) is 6.01. The average Bonchev–Trinajstić information content (AvgIpc) is 2.44. The largest absolute Gasteiger partial charge is 0.377 e. The van der Waals surface area contributed by atoms with Gasteiger partial charge in [0.1, 0.15) is 0 Å². The van der Waals surface area contributed by atoms with E-state index >= 15 is 0 Å². The lowest BCUT2D eigenvalue weighted by Crippen LogP contribution is -2.26. The van der Waals surface area contributed by atoms with Crippen LogP contribution in [0.1, 0.15) is 52.7 Å². The molecule has 2 rings (SSSR count). The van der Waals surface area contributed by atoms with Gasteiger partial charge in [-0.2, -0.15) is 0 Å². The Labute approximate surface area is 142 Å². The van der Waals surface area contributed by atoms with E-state index in [1.807, 2.05) is 0 Å². The molecule has 0 saturated heterocycles. The van der Waals surface area contributed by atoms with Gasteiger partial charge in [0.15, 0.2) is 0 Å². The van der Waals surface area contributed by atoms with E-state index < -0.39 is 0 Å². The van der Waals surface area contributed by atoms with Gasteiger partial charge in [-0.15, -0.1) is 0 Å². The van der Waals surface area contributed by atoms with Crippen molar-refractivity contribution in [3.8, 4) is 11.1 Å². The number of nitrogens with zero attached hydrogens (tertiary/aromatic N) is 1. The first-order valence-corrected chi connectivity index (χ1v) is 8.44. The zero-order valence-electron chi connectivity index (χ0n) is 16.0. The fourth-order valence-corrected chi connectivity index (χ4v) is 3.36. The van der Waals surface area contributed by atoms with Crippen LogP contribution in [-0.2, 0) is 10.8 Å². The topological polar surface area (TPSA) is 3.24 Å². The monoisotopic (exact) mass is 309 g/mol. The quantitative estimate of drug-likeness (QED) is 0.656. The molecule has 23 heavy (non-hydrogen) atoms. The van der Waals surface area contributed by atoms with Crippen LogP contribution >= 0.6 is 0 Å². The molecule has 1 nitrogen and oxygen atoms in total. The number of rotatable bonds is 2. The molecule has 1 heteroatoms. The third-order valence-corrected chi connectivity index (χ3v) is 4.25. The molecule has 0 aliphatic rings. The maximum Gasteiger partial charge on any atom is 0.0402 e. The highest BCUT2D eigenvalue weighted by Gasteiger charge is 2.31. The minimum absolute atomic E-state index is 0.0831. The van der Waals surface area contributed by atoms with Crippen LogP contribution in [0.15, 0.2) is 42.5 Å². The van der Waals surface area contributed by atoms with Gasteiger partial charge in [0.2, 0.25) is 0 Å². The lowest BCUT2D eigenvalue weighted by Gasteiger charge is -2.36. The molecule has 0 radical (unpaired) electrons. The van der Waals surface area contributed by atoms with E-state index in [0.29, 0.717) is 0 Å². The van der Waals surface area contributed by atoms with Crippen LogP contribution in [0.3, 0.4) is 0 Å². The third kappa shape index (κ3) is 3.60. The molecule has 0 spiro atoms. The zero-order valence-corrected chi connectivity index (χ0v) is 16.0. The van der Waals surface area contributed by atoms with Gasteiger partial charge in [0.05, 0.1) is 0 Å². The smallest absolute Gasteiger partial charge is 0.0402 e. The lowest BCUT2D eigenvalue weighted by molar-refractivity contribution is 0.531. The Morgan fingerprint density at radius 1 is 0.652 bits per heavy atom. The SMILES string of the molecule is CN(C)c1ccc(-c2ccccc2)c(C(C)(C)C)c1C(C)(C)C. The molecule has 2 aromatic rings. The molecule has 0 N–H and O–H groups in total. The zero-order chi connectivity index (χ0) is 17.4. The van der Waals surface area contributed by atoms with Gasteiger partial charge in [-0.1, -0.05) is 77.9 Å². The fourth-order valence-electron chi connectivity index (χ4n) is 3.36. The molecule has 0 saturated carbocycles.